The fourth-order valence-corrected chi connectivity index (χ4v) is 3.10. The Morgan fingerprint density at radius 1 is 1.29 bits per heavy atom. The zero-order chi connectivity index (χ0) is 16.0. The van der Waals surface area contributed by atoms with Crippen LogP contribution in [0.3, 0.4) is 0 Å². The number of sulfonamides is 1. The molecule has 1 aromatic rings. The molecule has 1 rings (SSSR count). The molecule has 120 valence electrons. The minimum Gasteiger partial charge on any atom is -0.495 e. The van der Waals surface area contributed by atoms with Gasteiger partial charge in [-0.2, -0.15) is 0 Å². The maximum Gasteiger partial charge on any atom is 0.244 e. The molecule has 7 nitrogen and oxygen atoms in total. The van der Waals surface area contributed by atoms with Crippen molar-refractivity contribution in [2.75, 3.05) is 33.1 Å². The van der Waals surface area contributed by atoms with Gasteiger partial charge in [-0.25, -0.2) is 13.1 Å². The van der Waals surface area contributed by atoms with Gasteiger partial charge >= 0.3 is 0 Å². The van der Waals surface area contributed by atoms with E-state index in [4.69, 9.17) is 20.3 Å². The summed E-state index contributed by atoms with van der Waals surface area (Å²) in [5.41, 5.74) is 5.96. The number of hydrogen-bond donors (Lipinski definition) is 3. The maximum atomic E-state index is 12.3. The molecule has 1 atom stereocenters. The number of methoxy groups -OCH3 is 2. The lowest BCUT2D eigenvalue weighted by Crippen LogP contribution is -2.29. The predicted molar refractivity (Wildman–Crippen MR) is 80.0 cm³/mol. The Morgan fingerprint density at radius 3 is 2.43 bits per heavy atom. The van der Waals surface area contributed by atoms with Gasteiger partial charge in [-0.05, 0) is 18.4 Å². The van der Waals surface area contributed by atoms with Gasteiger partial charge in [0.1, 0.15) is 16.4 Å². The summed E-state index contributed by atoms with van der Waals surface area (Å²) >= 11 is 0. The van der Waals surface area contributed by atoms with Crippen LogP contribution < -0.4 is 19.9 Å². The SMILES string of the molecule is COc1cc(OC)c(S(=O)(=O)NCC(C)CCO)cc1N. The van der Waals surface area contributed by atoms with Crippen molar-refractivity contribution in [3.63, 3.8) is 0 Å². The van der Waals surface area contributed by atoms with E-state index in [0.29, 0.717) is 12.2 Å². The molecule has 0 amide bonds. The fraction of sp³-hybridized carbons (Fsp3) is 0.538. The molecule has 0 saturated heterocycles. The van der Waals surface area contributed by atoms with Gasteiger partial charge in [0.05, 0.1) is 19.9 Å². The van der Waals surface area contributed by atoms with Crippen molar-refractivity contribution in [1.82, 2.24) is 4.72 Å². The molecule has 0 heterocycles. The molecule has 0 saturated carbocycles. The monoisotopic (exact) mass is 318 g/mol. The molecule has 0 spiro atoms. The summed E-state index contributed by atoms with van der Waals surface area (Å²) in [6.45, 7) is 2.08. The van der Waals surface area contributed by atoms with E-state index in [0.717, 1.165) is 0 Å². The topological polar surface area (TPSA) is 111 Å². The molecule has 0 aliphatic heterocycles. The summed E-state index contributed by atoms with van der Waals surface area (Å²) < 4.78 is 37.3. The Labute approximate surface area is 125 Å². The molecule has 1 aromatic carbocycles. The number of hydrogen-bond acceptors (Lipinski definition) is 6. The molecule has 8 heteroatoms. The Kier molecular flexibility index (Phi) is 6.25. The summed E-state index contributed by atoms with van der Waals surface area (Å²) in [5.74, 6) is 0.522. The summed E-state index contributed by atoms with van der Waals surface area (Å²) in [4.78, 5) is -0.0421. The van der Waals surface area contributed by atoms with Crippen LogP contribution in [0.4, 0.5) is 5.69 Å². The molecular weight excluding hydrogens is 296 g/mol. The van der Waals surface area contributed by atoms with Gasteiger partial charge in [-0.3, -0.25) is 0 Å². The van der Waals surface area contributed by atoms with Gasteiger partial charge < -0.3 is 20.3 Å². The van der Waals surface area contributed by atoms with Crippen molar-refractivity contribution >= 4 is 15.7 Å². The lowest BCUT2D eigenvalue weighted by molar-refractivity contribution is 0.263. The van der Waals surface area contributed by atoms with Crippen molar-refractivity contribution in [2.24, 2.45) is 5.92 Å². The maximum absolute atomic E-state index is 12.3. The molecular formula is C13H22N2O5S. The number of nitrogens with two attached hydrogens (primary N) is 1. The minimum atomic E-state index is -3.76. The van der Waals surface area contributed by atoms with Crippen molar-refractivity contribution in [3.8, 4) is 11.5 Å². The average molecular weight is 318 g/mol. The molecule has 1 unspecified atom stereocenters. The van der Waals surface area contributed by atoms with E-state index in [1.807, 2.05) is 6.92 Å². The smallest absolute Gasteiger partial charge is 0.244 e. The molecule has 0 aromatic heterocycles. The number of nitrogen functional groups attached to an aromatic ring is 1. The first-order chi connectivity index (χ1) is 9.85. The highest BCUT2D eigenvalue weighted by Crippen LogP contribution is 2.33. The Morgan fingerprint density at radius 2 is 1.90 bits per heavy atom. The summed E-state index contributed by atoms with van der Waals surface area (Å²) in [6, 6.07) is 2.73. The zero-order valence-electron chi connectivity index (χ0n) is 12.4. The zero-order valence-corrected chi connectivity index (χ0v) is 13.2. The highest BCUT2D eigenvalue weighted by molar-refractivity contribution is 7.89. The lowest BCUT2D eigenvalue weighted by atomic mass is 10.1. The Hall–Kier alpha value is -1.51. The normalized spacial score (nSPS) is 13.0. The van der Waals surface area contributed by atoms with Gasteiger partial charge in [0.2, 0.25) is 10.0 Å². The third-order valence-corrected chi connectivity index (χ3v) is 4.49. The van der Waals surface area contributed by atoms with E-state index >= 15 is 0 Å². The van der Waals surface area contributed by atoms with Crippen LogP contribution in [0.1, 0.15) is 13.3 Å². The second-order valence-electron chi connectivity index (χ2n) is 4.71. The standard InChI is InChI=1S/C13H22N2O5S/c1-9(4-5-16)8-15-21(17,18)13-6-10(14)11(19-2)7-12(13)20-3/h6-7,9,15-16H,4-5,8,14H2,1-3H3. The van der Waals surface area contributed by atoms with Crippen LogP contribution in [0, 0.1) is 5.92 Å². The summed E-state index contributed by atoms with van der Waals surface area (Å²) in [7, 11) is -0.944. The number of ether oxygens (including phenoxy) is 2. The Bertz CT molecular complexity index is 574. The van der Waals surface area contributed by atoms with Crippen LogP contribution in [-0.2, 0) is 10.0 Å². The first-order valence-corrected chi connectivity index (χ1v) is 7.96. The van der Waals surface area contributed by atoms with Crippen LogP contribution in [0.25, 0.3) is 0 Å². The number of benzene rings is 1. The second kappa shape index (κ2) is 7.48. The Balaban J connectivity index is 3.05. The fourth-order valence-electron chi connectivity index (χ4n) is 1.76. The van der Waals surface area contributed by atoms with Gasteiger partial charge in [-0.15, -0.1) is 0 Å². The number of anilines is 1. The van der Waals surface area contributed by atoms with E-state index in [1.54, 1.807) is 0 Å². The molecule has 0 bridgehead atoms. The van der Waals surface area contributed by atoms with Crippen LogP contribution in [0.5, 0.6) is 11.5 Å². The number of aliphatic hydroxyl groups excluding tert-OH is 1. The minimum absolute atomic E-state index is 0.0156. The lowest BCUT2D eigenvalue weighted by Gasteiger charge is -2.15. The highest BCUT2D eigenvalue weighted by Gasteiger charge is 2.22. The van der Waals surface area contributed by atoms with Crippen molar-refractivity contribution in [1.29, 1.82) is 0 Å². The third kappa shape index (κ3) is 4.48. The number of nitrogens with one attached hydrogen (secondary N) is 1. The molecule has 0 fully saturated rings. The molecule has 0 aliphatic carbocycles. The van der Waals surface area contributed by atoms with Gasteiger partial charge in [0, 0.05) is 19.2 Å². The molecule has 0 aliphatic rings. The van der Waals surface area contributed by atoms with Gasteiger partial charge in [-0.1, -0.05) is 6.92 Å². The first kappa shape index (κ1) is 17.5. The van der Waals surface area contributed by atoms with E-state index < -0.39 is 10.0 Å². The molecule has 4 N–H and O–H groups in total. The van der Waals surface area contributed by atoms with Gasteiger partial charge in [0.15, 0.2) is 0 Å². The molecule has 0 radical (unpaired) electrons. The van der Waals surface area contributed by atoms with Crippen LogP contribution >= 0.6 is 0 Å². The van der Waals surface area contributed by atoms with E-state index in [1.165, 1.54) is 26.4 Å². The van der Waals surface area contributed by atoms with E-state index in [9.17, 15) is 8.42 Å². The summed E-state index contributed by atoms with van der Waals surface area (Å²) in [5, 5.41) is 8.83. The largest absolute Gasteiger partial charge is 0.495 e. The molecule has 21 heavy (non-hydrogen) atoms. The van der Waals surface area contributed by atoms with Crippen molar-refractivity contribution in [3.05, 3.63) is 12.1 Å². The number of rotatable bonds is 8. The quantitative estimate of drug-likeness (QED) is 0.605. The number of aliphatic hydroxyl groups is 1. The third-order valence-electron chi connectivity index (χ3n) is 3.05. The van der Waals surface area contributed by atoms with E-state index in [2.05, 4.69) is 4.72 Å². The average Bonchev–Trinajstić information content (AvgIpc) is 2.45. The van der Waals surface area contributed by atoms with Crippen LogP contribution in [0.2, 0.25) is 0 Å². The van der Waals surface area contributed by atoms with Crippen LogP contribution in [0.15, 0.2) is 17.0 Å². The first-order valence-electron chi connectivity index (χ1n) is 6.47. The van der Waals surface area contributed by atoms with Gasteiger partial charge in [0.25, 0.3) is 0 Å². The van der Waals surface area contributed by atoms with Crippen LogP contribution in [-0.4, -0.2) is 40.9 Å². The van der Waals surface area contributed by atoms with Crippen molar-refractivity contribution in [2.45, 2.75) is 18.2 Å². The van der Waals surface area contributed by atoms with Crippen molar-refractivity contribution < 1.29 is 23.0 Å². The highest BCUT2D eigenvalue weighted by atomic mass is 32.2. The van der Waals surface area contributed by atoms with E-state index in [-0.39, 0.29) is 35.4 Å². The summed E-state index contributed by atoms with van der Waals surface area (Å²) in [6.07, 6.45) is 0.518. The predicted octanol–water partition coefficient (Wildman–Crippen LogP) is 0.583. The second-order valence-corrected chi connectivity index (χ2v) is 6.45.